The highest BCUT2D eigenvalue weighted by molar-refractivity contribution is 7.92. The number of H-pyrrole nitrogens is 1. The van der Waals surface area contributed by atoms with Crippen LogP contribution in [0.5, 0.6) is 0 Å². The maximum Gasteiger partial charge on any atom is 0.337 e. The van der Waals surface area contributed by atoms with Crippen LogP contribution in [-0.4, -0.2) is 29.7 Å². The van der Waals surface area contributed by atoms with Crippen LogP contribution < -0.4 is 10.5 Å². The molecule has 0 bridgehead atoms. The highest BCUT2D eigenvalue weighted by Crippen LogP contribution is 2.21. The van der Waals surface area contributed by atoms with Gasteiger partial charge >= 0.3 is 5.97 Å². The summed E-state index contributed by atoms with van der Waals surface area (Å²) >= 11 is 0. The number of aromatic amines is 1. The van der Waals surface area contributed by atoms with Crippen LogP contribution in [0.15, 0.2) is 35.5 Å². The van der Waals surface area contributed by atoms with Gasteiger partial charge in [0.1, 0.15) is 4.90 Å². The first kappa shape index (κ1) is 12.9. The lowest BCUT2D eigenvalue weighted by Gasteiger charge is -2.09. The number of nitrogens with zero attached hydrogens (tertiary/aromatic N) is 1. The van der Waals surface area contributed by atoms with E-state index in [-0.39, 0.29) is 16.3 Å². The van der Waals surface area contributed by atoms with E-state index in [1.807, 2.05) is 0 Å². The molecule has 9 heteroatoms. The fraction of sp³-hybridized carbons (Fsp3) is 0. The third-order valence-corrected chi connectivity index (χ3v) is 3.71. The average Bonchev–Trinajstić information content (AvgIpc) is 2.80. The van der Waals surface area contributed by atoms with Gasteiger partial charge < -0.3 is 10.8 Å². The van der Waals surface area contributed by atoms with Gasteiger partial charge in [0.25, 0.3) is 10.0 Å². The molecule has 0 fully saturated rings. The maximum absolute atomic E-state index is 12.1. The number of nitrogens with one attached hydrogen (secondary N) is 2. The Bertz CT molecular complexity index is 709. The SMILES string of the molecule is Nc1ccc(S(=O)(=O)Nc2cn[nH]c2)c(C(=O)O)c1. The van der Waals surface area contributed by atoms with Crippen molar-refractivity contribution in [2.75, 3.05) is 10.5 Å². The summed E-state index contributed by atoms with van der Waals surface area (Å²) in [6.07, 6.45) is 2.59. The number of sulfonamides is 1. The number of carboxylic acids is 1. The second-order valence-corrected chi connectivity index (χ2v) is 5.30. The van der Waals surface area contributed by atoms with E-state index in [9.17, 15) is 13.2 Å². The molecule has 1 aromatic heterocycles. The number of nitrogens with two attached hydrogens (primary N) is 1. The average molecular weight is 282 g/mol. The van der Waals surface area contributed by atoms with Gasteiger partial charge in [-0.25, -0.2) is 13.2 Å². The summed E-state index contributed by atoms with van der Waals surface area (Å²) in [5.74, 6) is -1.38. The van der Waals surface area contributed by atoms with Crippen molar-refractivity contribution >= 4 is 27.4 Å². The van der Waals surface area contributed by atoms with E-state index in [0.29, 0.717) is 0 Å². The molecule has 1 aromatic carbocycles. The number of hydrogen-bond acceptors (Lipinski definition) is 5. The monoisotopic (exact) mass is 282 g/mol. The number of nitrogen functional groups attached to an aromatic ring is 1. The third-order valence-electron chi connectivity index (χ3n) is 2.27. The van der Waals surface area contributed by atoms with Gasteiger partial charge in [-0.05, 0) is 18.2 Å². The van der Waals surface area contributed by atoms with Crippen molar-refractivity contribution in [1.82, 2.24) is 10.2 Å². The van der Waals surface area contributed by atoms with Gasteiger partial charge in [0.2, 0.25) is 0 Å². The van der Waals surface area contributed by atoms with E-state index in [0.717, 1.165) is 12.1 Å². The molecule has 0 saturated heterocycles. The molecule has 0 aliphatic carbocycles. The fourth-order valence-electron chi connectivity index (χ4n) is 1.47. The van der Waals surface area contributed by atoms with E-state index < -0.39 is 21.6 Å². The molecule has 100 valence electrons. The molecular weight excluding hydrogens is 272 g/mol. The van der Waals surface area contributed by atoms with Crippen LogP contribution in [0, 0.1) is 0 Å². The smallest absolute Gasteiger partial charge is 0.337 e. The zero-order valence-electron chi connectivity index (χ0n) is 9.49. The molecule has 0 saturated carbocycles. The summed E-state index contributed by atoms with van der Waals surface area (Å²) in [7, 11) is -4.02. The molecule has 0 aliphatic heterocycles. The van der Waals surface area contributed by atoms with E-state index in [1.54, 1.807) is 0 Å². The van der Waals surface area contributed by atoms with Crippen LogP contribution in [0.1, 0.15) is 10.4 Å². The Hall–Kier alpha value is -2.55. The summed E-state index contributed by atoms with van der Waals surface area (Å²) in [5.41, 5.74) is 5.43. The first-order valence-electron chi connectivity index (χ1n) is 5.04. The summed E-state index contributed by atoms with van der Waals surface area (Å²) in [6, 6.07) is 3.55. The van der Waals surface area contributed by atoms with E-state index >= 15 is 0 Å². The van der Waals surface area contributed by atoms with Gasteiger partial charge in [-0.3, -0.25) is 9.82 Å². The Kier molecular flexibility index (Phi) is 3.13. The summed E-state index contributed by atoms with van der Waals surface area (Å²) < 4.78 is 26.4. The van der Waals surface area contributed by atoms with Gasteiger partial charge in [0.05, 0.1) is 17.4 Å². The van der Waals surface area contributed by atoms with Gasteiger partial charge in [-0.2, -0.15) is 5.10 Å². The van der Waals surface area contributed by atoms with Crippen molar-refractivity contribution in [1.29, 1.82) is 0 Å². The lowest BCUT2D eigenvalue weighted by molar-refractivity contribution is 0.0692. The van der Waals surface area contributed by atoms with E-state index in [2.05, 4.69) is 14.9 Å². The number of carbonyl (C=O) groups is 1. The molecule has 0 spiro atoms. The number of hydrogen-bond donors (Lipinski definition) is 4. The molecular formula is C10H10N4O4S. The minimum absolute atomic E-state index is 0.166. The second-order valence-electron chi connectivity index (χ2n) is 3.65. The number of aromatic nitrogens is 2. The molecule has 2 rings (SSSR count). The van der Waals surface area contributed by atoms with Gasteiger partial charge in [0, 0.05) is 11.9 Å². The van der Waals surface area contributed by atoms with E-state index in [1.165, 1.54) is 18.5 Å². The lowest BCUT2D eigenvalue weighted by Crippen LogP contribution is -2.16. The Morgan fingerprint density at radius 1 is 1.42 bits per heavy atom. The standard InChI is InChI=1S/C10H10N4O4S/c11-6-1-2-9(8(3-6)10(15)16)19(17,18)14-7-4-12-13-5-7/h1-5,14H,11H2,(H,12,13)(H,15,16). The maximum atomic E-state index is 12.1. The van der Waals surface area contributed by atoms with Crippen LogP contribution in [0.25, 0.3) is 0 Å². The Morgan fingerprint density at radius 3 is 2.74 bits per heavy atom. The van der Waals surface area contributed by atoms with Crippen LogP contribution in [0.2, 0.25) is 0 Å². The van der Waals surface area contributed by atoms with Gasteiger partial charge in [0.15, 0.2) is 0 Å². The molecule has 5 N–H and O–H groups in total. The Labute approximate surface area is 108 Å². The number of rotatable bonds is 4. The molecule has 0 amide bonds. The highest BCUT2D eigenvalue weighted by atomic mass is 32.2. The third kappa shape index (κ3) is 2.65. The summed E-state index contributed by atoms with van der Waals surface area (Å²) in [6.45, 7) is 0. The largest absolute Gasteiger partial charge is 0.478 e. The number of carboxylic acid groups (broad SMARTS) is 1. The molecule has 0 unspecified atom stereocenters. The predicted molar refractivity (Wildman–Crippen MR) is 67.2 cm³/mol. The molecule has 0 atom stereocenters. The predicted octanol–water partition coefficient (Wildman–Crippen LogP) is 0.491. The minimum atomic E-state index is -4.02. The topological polar surface area (TPSA) is 138 Å². The second kappa shape index (κ2) is 4.61. The number of benzene rings is 1. The normalized spacial score (nSPS) is 11.2. The zero-order chi connectivity index (χ0) is 14.0. The van der Waals surface area contributed by atoms with E-state index in [4.69, 9.17) is 10.8 Å². The first-order valence-corrected chi connectivity index (χ1v) is 6.53. The van der Waals surface area contributed by atoms with Crippen LogP contribution in [-0.2, 0) is 10.0 Å². The molecule has 0 radical (unpaired) electrons. The molecule has 2 aromatic rings. The first-order chi connectivity index (χ1) is 8.90. The summed E-state index contributed by atoms with van der Waals surface area (Å²) in [4.78, 5) is 10.7. The molecule has 19 heavy (non-hydrogen) atoms. The Balaban J connectivity index is 2.49. The quantitative estimate of drug-likeness (QED) is 0.602. The van der Waals surface area contributed by atoms with Crippen LogP contribution in [0.4, 0.5) is 11.4 Å². The van der Waals surface area contributed by atoms with Crippen molar-refractivity contribution in [3.8, 4) is 0 Å². The van der Waals surface area contributed by atoms with Crippen LogP contribution in [0.3, 0.4) is 0 Å². The molecule has 8 nitrogen and oxygen atoms in total. The van der Waals surface area contributed by atoms with Gasteiger partial charge in [-0.15, -0.1) is 0 Å². The highest BCUT2D eigenvalue weighted by Gasteiger charge is 2.22. The van der Waals surface area contributed by atoms with Crippen molar-refractivity contribution in [2.45, 2.75) is 4.90 Å². The molecule has 0 aliphatic rings. The number of aromatic carboxylic acids is 1. The zero-order valence-corrected chi connectivity index (χ0v) is 10.3. The van der Waals surface area contributed by atoms with Crippen molar-refractivity contribution < 1.29 is 18.3 Å². The van der Waals surface area contributed by atoms with Crippen LogP contribution >= 0.6 is 0 Å². The van der Waals surface area contributed by atoms with Crippen molar-refractivity contribution in [2.24, 2.45) is 0 Å². The van der Waals surface area contributed by atoms with Gasteiger partial charge in [-0.1, -0.05) is 0 Å². The fourth-order valence-corrected chi connectivity index (χ4v) is 2.68. The minimum Gasteiger partial charge on any atom is -0.478 e. The van der Waals surface area contributed by atoms with Crippen molar-refractivity contribution in [3.05, 3.63) is 36.2 Å². The van der Waals surface area contributed by atoms with Crippen molar-refractivity contribution in [3.63, 3.8) is 0 Å². The summed E-state index contributed by atoms with van der Waals surface area (Å²) in [5, 5.41) is 15.0. The number of anilines is 2. The molecule has 1 heterocycles. The Morgan fingerprint density at radius 2 is 2.16 bits per heavy atom. The lowest BCUT2D eigenvalue weighted by atomic mass is 10.2.